The Balaban J connectivity index is 1.54. The fourth-order valence-electron chi connectivity index (χ4n) is 5.24. The van der Waals surface area contributed by atoms with Gasteiger partial charge in [-0.3, -0.25) is 14.5 Å². The molecule has 1 atom stereocenters. The summed E-state index contributed by atoms with van der Waals surface area (Å²) in [7, 11) is 0. The van der Waals surface area contributed by atoms with Gasteiger partial charge in [0.05, 0.1) is 23.4 Å². The summed E-state index contributed by atoms with van der Waals surface area (Å²) in [6.45, 7) is 4.83. The summed E-state index contributed by atoms with van der Waals surface area (Å²) < 4.78 is 8.67. The molecule has 5 rings (SSSR count). The number of hydrogen-bond donors (Lipinski definition) is 1. The van der Waals surface area contributed by atoms with Crippen LogP contribution >= 0.6 is 11.3 Å². The lowest BCUT2D eigenvalue weighted by Gasteiger charge is -2.44. The number of nitrogens with one attached hydrogen (secondary N) is 1. The normalized spacial score (nSPS) is 21.6. The van der Waals surface area contributed by atoms with Crippen LogP contribution in [0.25, 0.3) is 10.2 Å². The number of anilines is 1. The number of ether oxygens (including phenoxy) is 1. The molecule has 0 bridgehead atoms. The van der Waals surface area contributed by atoms with Crippen LogP contribution in [0, 0.1) is 0 Å². The van der Waals surface area contributed by atoms with Gasteiger partial charge in [-0.15, -0.1) is 11.3 Å². The van der Waals surface area contributed by atoms with Crippen LogP contribution in [0.1, 0.15) is 62.9 Å². The predicted molar refractivity (Wildman–Crippen MR) is 132 cm³/mol. The second kappa shape index (κ2) is 8.86. The molecule has 2 aromatic heterocycles. The minimum atomic E-state index is -1.04. The van der Waals surface area contributed by atoms with Gasteiger partial charge in [-0.25, -0.2) is 0 Å². The molecule has 174 valence electrons. The molecule has 1 fully saturated rings. The van der Waals surface area contributed by atoms with Crippen LogP contribution in [-0.4, -0.2) is 34.6 Å². The minimum Gasteiger partial charge on any atom is -0.494 e. The van der Waals surface area contributed by atoms with E-state index in [1.807, 2.05) is 60.2 Å². The zero-order valence-electron chi connectivity index (χ0n) is 19.3. The summed E-state index contributed by atoms with van der Waals surface area (Å²) in [5, 5.41) is 5.35. The fourth-order valence-corrected chi connectivity index (χ4v) is 6.06. The van der Waals surface area contributed by atoms with Gasteiger partial charge in [0.2, 0.25) is 5.91 Å². The predicted octanol–water partition coefficient (Wildman–Crippen LogP) is 5.36. The smallest absolute Gasteiger partial charge is 0.275 e. The number of nitrogens with zero attached hydrogens (tertiary/aromatic N) is 2. The fraction of sp³-hybridized carbons (Fsp3) is 0.462. The van der Waals surface area contributed by atoms with Gasteiger partial charge in [-0.1, -0.05) is 25.7 Å². The largest absolute Gasteiger partial charge is 0.494 e. The SMILES string of the molecule is CCOc1ccc(N2C(=O)c3cc4sccc4n3C[C@@]2(C)C(=O)NC2CCCCCC2)cc1. The lowest BCUT2D eigenvalue weighted by molar-refractivity contribution is -0.127. The average molecular weight is 466 g/mol. The Hall–Kier alpha value is -2.80. The van der Waals surface area contributed by atoms with Crippen LogP contribution < -0.4 is 15.0 Å². The highest BCUT2D eigenvalue weighted by atomic mass is 32.1. The van der Waals surface area contributed by atoms with Crippen molar-refractivity contribution in [1.82, 2.24) is 9.88 Å². The van der Waals surface area contributed by atoms with Gasteiger partial charge >= 0.3 is 0 Å². The molecule has 1 N–H and O–H groups in total. The van der Waals surface area contributed by atoms with Gasteiger partial charge in [0.15, 0.2) is 0 Å². The summed E-state index contributed by atoms with van der Waals surface area (Å²) >= 11 is 1.62. The van der Waals surface area contributed by atoms with Crippen molar-refractivity contribution in [3.63, 3.8) is 0 Å². The maximum atomic E-state index is 13.9. The summed E-state index contributed by atoms with van der Waals surface area (Å²) in [6.07, 6.45) is 6.73. The third-order valence-electron chi connectivity index (χ3n) is 6.99. The molecule has 0 spiro atoms. The Morgan fingerprint density at radius 2 is 1.88 bits per heavy atom. The second-order valence-corrected chi connectivity index (χ2v) is 10.2. The summed E-state index contributed by atoms with van der Waals surface area (Å²) in [5.41, 5.74) is 1.31. The van der Waals surface area contributed by atoms with E-state index < -0.39 is 5.54 Å². The number of hydrogen-bond acceptors (Lipinski definition) is 4. The lowest BCUT2D eigenvalue weighted by Crippen LogP contribution is -2.65. The second-order valence-electron chi connectivity index (χ2n) is 9.29. The van der Waals surface area contributed by atoms with Crippen LogP contribution in [0.4, 0.5) is 5.69 Å². The van der Waals surface area contributed by atoms with Gasteiger partial charge in [-0.05, 0) is 68.5 Å². The first-order valence-corrected chi connectivity index (χ1v) is 12.8. The Morgan fingerprint density at radius 1 is 1.15 bits per heavy atom. The summed E-state index contributed by atoms with van der Waals surface area (Å²) in [4.78, 5) is 29.4. The van der Waals surface area contributed by atoms with E-state index >= 15 is 0 Å². The number of thiophene rings is 1. The highest BCUT2D eigenvalue weighted by Crippen LogP contribution is 2.38. The first-order chi connectivity index (χ1) is 16.0. The Labute approximate surface area is 198 Å². The topological polar surface area (TPSA) is 63.6 Å². The zero-order valence-corrected chi connectivity index (χ0v) is 20.1. The maximum Gasteiger partial charge on any atom is 0.275 e. The molecule has 1 saturated carbocycles. The highest BCUT2D eigenvalue weighted by molar-refractivity contribution is 7.17. The van der Waals surface area contributed by atoms with E-state index in [0.717, 1.165) is 41.6 Å². The number of aromatic nitrogens is 1. The van der Waals surface area contributed by atoms with Crippen molar-refractivity contribution in [3.8, 4) is 5.75 Å². The molecule has 0 saturated heterocycles. The van der Waals surface area contributed by atoms with Crippen LogP contribution in [-0.2, 0) is 11.3 Å². The van der Waals surface area contributed by atoms with Crippen LogP contribution in [0.3, 0.4) is 0 Å². The monoisotopic (exact) mass is 465 g/mol. The maximum absolute atomic E-state index is 13.9. The van der Waals surface area contributed by atoms with Crippen molar-refractivity contribution < 1.29 is 14.3 Å². The van der Waals surface area contributed by atoms with E-state index in [1.165, 1.54) is 12.8 Å². The van der Waals surface area contributed by atoms with Crippen molar-refractivity contribution in [2.75, 3.05) is 11.5 Å². The number of amides is 2. The van der Waals surface area contributed by atoms with Crippen molar-refractivity contribution in [2.24, 2.45) is 0 Å². The van der Waals surface area contributed by atoms with Crippen molar-refractivity contribution in [2.45, 2.75) is 70.5 Å². The van der Waals surface area contributed by atoms with E-state index in [0.29, 0.717) is 24.5 Å². The molecular weight excluding hydrogens is 434 g/mol. The van der Waals surface area contributed by atoms with Gasteiger partial charge in [0.1, 0.15) is 17.0 Å². The Morgan fingerprint density at radius 3 is 2.58 bits per heavy atom. The number of fused-ring (bicyclic) bond motifs is 3. The molecule has 2 aliphatic rings. The molecule has 6 nitrogen and oxygen atoms in total. The number of benzene rings is 1. The molecular formula is C26H31N3O3S. The third kappa shape index (κ3) is 3.92. The van der Waals surface area contributed by atoms with Crippen LogP contribution in [0.15, 0.2) is 41.8 Å². The van der Waals surface area contributed by atoms with Crippen LogP contribution in [0.5, 0.6) is 5.75 Å². The van der Waals surface area contributed by atoms with Crippen molar-refractivity contribution in [3.05, 3.63) is 47.5 Å². The lowest BCUT2D eigenvalue weighted by atomic mass is 9.92. The molecule has 33 heavy (non-hydrogen) atoms. The Kier molecular flexibility index (Phi) is 5.91. The third-order valence-corrected chi connectivity index (χ3v) is 7.84. The zero-order chi connectivity index (χ0) is 23.0. The Bertz CT molecular complexity index is 1160. The molecule has 0 unspecified atom stereocenters. The van der Waals surface area contributed by atoms with Crippen molar-refractivity contribution >= 4 is 39.1 Å². The highest BCUT2D eigenvalue weighted by Gasteiger charge is 2.49. The standard InChI is InChI=1S/C26H31N3O3S/c1-3-32-20-12-10-19(11-13-20)29-24(30)22-16-23-21(14-15-33-23)28(22)17-26(29,2)25(31)27-18-8-6-4-5-7-9-18/h10-16,18H,3-9,17H2,1-2H3,(H,27,31)/t26-/m0/s1. The van der Waals surface area contributed by atoms with Crippen LogP contribution in [0.2, 0.25) is 0 Å². The molecule has 2 amide bonds. The quantitative estimate of drug-likeness (QED) is 0.516. The molecule has 1 aliphatic heterocycles. The van der Waals surface area contributed by atoms with Gasteiger partial charge in [0, 0.05) is 11.7 Å². The van der Waals surface area contributed by atoms with Gasteiger partial charge in [0.25, 0.3) is 5.91 Å². The summed E-state index contributed by atoms with van der Waals surface area (Å²) in [6, 6.07) is 11.6. The molecule has 1 aliphatic carbocycles. The average Bonchev–Trinajstić information content (AvgIpc) is 3.30. The molecule has 0 radical (unpaired) electrons. The van der Waals surface area contributed by atoms with Gasteiger partial charge < -0.3 is 14.6 Å². The summed E-state index contributed by atoms with van der Waals surface area (Å²) in [5.74, 6) is 0.519. The number of rotatable bonds is 5. The molecule has 7 heteroatoms. The van der Waals surface area contributed by atoms with E-state index in [9.17, 15) is 9.59 Å². The van der Waals surface area contributed by atoms with E-state index in [4.69, 9.17) is 4.74 Å². The number of carbonyl (C=O) groups is 2. The van der Waals surface area contributed by atoms with E-state index in [-0.39, 0.29) is 17.9 Å². The molecule has 3 aromatic rings. The van der Waals surface area contributed by atoms with E-state index in [1.54, 1.807) is 16.2 Å². The molecule has 3 heterocycles. The van der Waals surface area contributed by atoms with E-state index in [2.05, 4.69) is 5.32 Å². The first kappa shape index (κ1) is 22.0. The first-order valence-electron chi connectivity index (χ1n) is 12.0. The van der Waals surface area contributed by atoms with Crippen molar-refractivity contribution in [1.29, 1.82) is 0 Å². The van der Waals surface area contributed by atoms with Gasteiger partial charge in [-0.2, -0.15) is 0 Å². The number of carbonyl (C=O) groups excluding carboxylic acids is 2. The minimum absolute atomic E-state index is 0.0839. The molecule has 1 aromatic carbocycles.